The number of para-hydroxylation sites is 1. The number of benzene rings is 1. The number of aliphatic hydroxyl groups excluding tert-OH is 1. The van der Waals surface area contributed by atoms with E-state index in [0.29, 0.717) is 5.16 Å². The number of H-pyrrole nitrogens is 1. The standard InChI is InChI=1S/C19H19FN2O3S2/c20-13-6-2-3-7-14(13)25-9-11(23)10-26-19-21-17(24)16-12-5-1-4-8-15(12)27-18(16)22-19/h2-3,6-7,11,23H,1,4-5,8-10H2,(H,21,22,24)/t11-/m1/s1. The first-order valence-corrected chi connectivity index (χ1v) is 10.6. The van der Waals surface area contributed by atoms with Gasteiger partial charge in [-0.2, -0.15) is 0 Å². The quantitative estimate of drug-likeness (QED) is 0.484. The third-order valence-corrected chi connectivity index (χ3v) is 6.69. The van der Waals surface area contributed by atoms with Crippen molar-refractivity contribution in [2.75, 3.05) is 12.4 Å². The zero-order valence-electron chi connectivity index (χ0n) is 14.5. The van der Waals surface area contributed by atoms with Gasteiger partial charge >= 0.3 is 0 Å². The van der Waals surface area contributed by atoms with Crippen LogP contribution in [0.3, 0.4) is 0 Å². The van der Waals surface area contributed by atoms with E-state index in [4.69, 9.17) is 4.74 Å². The number of halogens is 1. The fraction of sp³-hybridized carbons (Fsp3) is 0.368. The lowest BCUT2D eigenvalue weighted by Gasteiger charge is -2.12. The molecule has 4 rings (SSSR count). The highest BCUT2D eigenvalue weighted by atomic mass is 32.2. The summed E-state index contributed by atoms with van der Waals surface area (Å²) < 4.78 is 18.8. The molecule has 0 aliphatic heterocycles. The Bertz CT molecular complexity index is 1020. The third kappa shape index (κ3) is 4.02. The lowest BCUT2D eigenvalue weighted by Crippen LogP contribution is -2.21. The molecule has 2 N–H and O–H groups in total. The molecule has 0 saturated carbocycles. The maximum atomic E-state index is 13.5. The highest BCUT2D eigenvalue weighted by Crippen LogP contribution is 2.34. The first-order chi connectivity index (χ1) is 13.1. The molecule has 8 heteroatoms. The molecular weight excluding hydrogens is 387 g/mol. The number of aliphatic hydroxyl groups is 1. The Morgan fingerprint density at radius 3 is 3.00 bits per heavy atom. The maximum absolute atomic E-state index is 13.5. The van der Waals surface area contributed by atoms with Crippen molar-refractivity contribution in [3.8, 4) is 5.75 Å². The molecule has 2 heterocycles. The lowest BCUT2D eigenvalue weighted by atomic mass is 9.97. The molecule has 0 radical (unpaired) electrons. The monoisotopic (exact) mass is 406 g/mol. The molecule has 0 bridgehead atoms. The molecule has 142 valence electrons. The highest BCUT2D eigenvalue weighted by molar-refractivity contribution is 7.99. The summed E-state index contributed by atoms with van der Waals surface area (Å²) in [6.45, 7) is -0.0340. The first kappa shape index (κ1) is 18.5. The Hall–Kier alpha value is -1.90. The van der Waals surface area contributed by atoms with Crippen LogP contribution in [0.25, 0.3) is 10.2 Å². The minimum Gasteiger partial charge on any atom is -0.488 e. The van der Waals surface area contributed by atoms with Gasteiger partial charge in [0.25, 0.3) is 5.56 Å². The van der Waals surface area contributed by atoms with Gasteiger partial charge in [-0.05, 0) is 43.4 Å². The number of nitrogens with one attached hydrogen (secondary N) is 1. The maximum Gasteiger partial charge on any atom is 0.260 e. The topological polar surface area (TPSA) is 75.2 Å². The van der Waals surface area contributed by atoms with Gasteiger partial charge in [0.2, 0.25) is 0 Å². The molecule has 0 unspecified atom stereocenters. The van der Waals surface area contributed by atoms with E-state index in [1.165, 1.54) is 28.8 Å². The van der Waals surface area contributed by atoms with E-state index in [0.717, 1.165) is 41.5 Å². The van der Waals surface area contributed by atoms with Crippen LogP contribution in [0.15, 0.2) is 34.2 Å². The fourth-order valence-corrected chi connectivity index (χ4v) is 5.27. The van der Waals surface area contributed by atoms with Gasteiger partial charge in [0, 0.05) is 10.6 Å². The molecular formula is C19H19FN2O3S2. The highest BCUT2D eigenvalue weighted by Gasteiger charge is 2.20. The SMILES string of the molecule is O=c1[nH]c(SC[C@H](O)COc2ccccc2F)nc2sc3c(c12)CCCC3. The molecule has 0 amide bonds. The number of hydrogen-bond donors (Lipinski definition) is 2. The second kappa shape index (κ2) is 8.00. The van der Waals surface area contributed by atoms with Crippen molar-refractivity contribution < 1.29 is 14.2 Å². The number of hydrogen-bond acceptors (Lipinski definition) is 6. The van der Waals surface area contributed by atoms with Crippen molar-refractivity contribution in [1.82, 2.24) is 9.97 Å². The Balaban J connectivity index is 1.41. The molecule has 1 atom stereocenters. The summed E-state index contributed by atoms with van der Waals surface area (Å²) in [6, 6.07) is 6.07. The second-order valence-corrected chi connectivity index (χ2v) is 8.56. The van der Waals surface area contributed by atoms with Crippen molar-refractivity contribution in [2.24, 2.45) is 0 Å². The predicted octanol–water partition coefficient (Wildman–Crippen LogP) is 3.53. The van der Waals surface area contributed by atoms with Crippen LogP contribution in [0, 0.1) is 5.82 Å². The van der Waals surface area contributed by atoms with Gasteiger partial charge in [-0.3, -0.25) is 4.79 Å². The van der Waals surface area contributed by atoms with E-state index in [2.05, 4.69) is 9.97 Å². The van der Waals surface area contributed by atoms with Crippen molar-refractivity contribution in [3.63, 3.8) is 0 Å². The number of rotatable bonds is 6. The Kier molecular flexibility index (Phi) is 5.47. The summed E-state index contributed by atoms with van der Waals surface area (Å²) in [5.41, 5.74) is 1.05. The molecule has 1 aliphatic carbocycles. The number of nitrogens with zero attached hydrogens (tertiary/aromatic N) is 1. The van der Waals surface area contributed by atoms with Crippen LogP contribution >= 0.6 is 23.1 Å². The summed E-state index contributed by atoms with van der Waals surface area (Å²) in [5.74, 6) is -0.0670. The van der Waals surface area contributed by atoms with Crippen LogP contribution in [-0.2, 0) is 12.8 Å². The molecule has 5 nitrogen and oxygen atoms in total. The molecule has 2 aromatic heterocycles. The zero-order chi connectivity index (χ0) is 18.8. The Morgan fingerprint density at radius 1 is 1.33 bits per heavy atom. The van der Waals surface area contributed by atoms with Crippen molar-refractivity contribution >= 4 is 33.3 Å². The molecule has 0 spiro atoms. The largest absolute Gasteiger partial charge is 0.488 e. The number of aryl methyl sites for hydroxylation is 2. The number of fused-ring (bicyclic) bond motifs is 3. The summed E-state index contributed by atoms with van der Waals surface area (Å²) >= 11 is 2.86. The van der Waals surface area contributed by atoms with Crippen LogP contribution < -0.4 is 10.3 Å². The van der Waals surface area contributed by atoms with E-state index in [1.54, 1.807) is 23.5 Å². The van der Waals surface area contributed by atoms with Gasteiger partial charge in [-0.15, -0.1) is 11.3 Å². The van der Waals surface area contributed by atoms with E-state index in [1.807, 2.05) is 0 Å². The average molecular weight is 407 g/mol. The normalized spacial score (nSPS) is 14.9. The number of aromatic amines is 1. The van der Waals surface area contributed by atoms with E-state index >= 15 is 0 Å². The van der Waals surface area contributed by atoms with Gasteiger partial charge in [0.15, 0.2) is 16.7 Å². The van der Waals surface area contributed by atoms with Crippen molar-refractivity contribution in [3.05, 3.63) is 50.9 Å². The number of aromatic nitrogens is 2. The third-order valence-electron chi connectivity index (χ3n) is 4.48. The summed E-state index contributed by atoms with van der Waals surface area (Å²) in [7, 11) is 0. The van der Waals surface area contributed by atoms with E-state index in [9.17, 15) is 14.3 Å². The zero-order valence-corrected chi connectivity index (χ0v) is 16.2. The first-order valence-electron chi connectivity index (χ1n) is 8.84. The van der Waals surface area contributed by atoms with Crippen LogP contribution in [-0.4, -0.2) is 33.5 Å². The molecule has 3 aromatic rings. The van der Waals surface area contributed by atoms with Crippen LogP contribution in [0.1, 0.15) is 23.3 Å². The van der Waals surface area contributed by atoms with Crippen molar-refractivity contribution in [1.29, 1.82) is 0 Å². The number of ether oxygens (including phenoxy) is 1. The van der Waals surface area contributed by atoms with E-state index < -0.39 is 11.9 Å². The van der Waals surface area contributed by atoms with Gasteiger partial charge in [-0.25, -0.2) is 9.37 Å². The molecule has 1 aliphatic rings. The number of thiophene rings is 1. The van der Waals surface area contributed by atoms with Crippen LogP contribution in [0.5, 0.6) is 5.75 Å². The predicted molar refractivity (Wildman–Crippen MR) is 106 cm³/mol. The number of thioether (sulfide) groups is 1. The average Bonchev–Trinajstić information content (AvgIpc) is 3.04. The second-order valence-electron chi connectivity index (χ2n) is 6.47. The van der Waals surface area contributed by atoms with E-state index in [-0.39, 0.29) is 23.7 Å². The lowest BCUT2D eigenvalue weighted by molar-refractivity contribution is 0.123. The Labute approximate surface area is 163 Å². The minimum atomic E-state index is -0.813. The molecule has 1 aromatic carbocycles. The Morgan fingerprint density at radius 2 is 2.15 bits per heavy atom. The van der Waals surface area contributed by atoms with Crippen LogP contribution in [0.2, 0.25) is 0 Å². The molecule has 0 saturated heterocycles. The fourth-order valence-electron chi connectivity index (χ4n) is 3.18. The molecule has 27 heavy (non-hydrogen) atoms. The van der Waals surface area contributed by atoms with Crippen LogP contribution in [0.4, 0.5) is 4.39 Å². The summed E-state index contributed by atoms with van der Waals surface area (Å²) in [4.78, 5) is 21.9. The van der Waals surface area contributed by atoms with Gasteiger partial charge < -0.3 is 14.8 Å². The summed E-state index contributed by atoms with van der Waals surface area (Å²) in [5, 5.41) is 11.3. The minimum absolute atomic E-state index is 0.0340. The van der Waals surface area contributed by atoms with Crippen molar-refractivity contribution in [2.45, 2.75) is 36.9 Å². The molecule has 0 fully saturated rings. The van der Waals surface area contributed by atoms with Gasteiger partial charge in [0.05, 0.1) is 11.5 Å². The summed E-state index contributed by atoms with van der Waals surface area (Å²) in [6.07, 6.45) is 3.42. The van der Waals surface area contributed by atoms with Gasteiger partial charge in [-0.1, -0.05) is 23.9 Å². The smallest absolute Gasteiger partial charge is 0.260 e. The van der Waals surface area contributed by atoms with Gasteiger partial charge in [0.1, 0.15) is 11.4 Å².